The Morgan fingerprint density at radius 2 is 1.96 bits per heavy atom. The number of nitrogens with zero attached hydrogens (tertiary/aromatic N) is 1. The summed E-state index contributed by atoms with van der Waals surface area (Å²) in [6.45, 7) is 2.81. The van der Waals surface area contributed by atoms with Crippen molar-refractivity contribution in [3.63, 3.8) is 0 Å². The highest BCUT2D eigenvalue weighted by Crippen LogP contribution is 2.32. The summed E-state index contributed by atoms with van der Waals surface area (Å²) in [4.78, 5) is 17.1. The van der Waals surface area contributed by atoms with Crippen LogP contribution in [0.25, 0.3) is 0 Å². The molecule has 1 saturated carbocycles. The van der Waals surface area contributed by atoms with Crippen LogP contribution in [0.2, 0.25) is 0 Å². The molecular formula is C22H30N2OS. The van der Waals surface area contributed by atoms with Crippen molar-refractivity contribution in [1.82, 2.24) is 10.3 Å². The van der Waals surface area contributed by atoms with Crippen molar-refractivity contribution in [2.45, 2.75) is 64.8 Å². The van der Waals surface area contributed by atoms with E-state index in [0.29, 0.717) is 6.54 Å². The summed E-state index contributed by atoms with van der Waals surface area (Å²) < 4.78 is 0. The van der Waals surface area contributed by atoms with Gasteiger partial charge < -0.3 is 5.32 Å². The number of benzene rings is 1. The topological polar surface area (TPSA) is 42.0 Å². The molecule has 0 spiro atoms. The van der Waals surface area contributed by atoms with Crippen molar-refractivity contribution in [2.24, 2.45) is 11.8 Å². The monoisotopic (exact) mass is 370 g/mol. The molecule has 0 bridgehead atoms. The molecule has 26 heavy (non-hydrogen) atoms. The molecule has 0 atom stereocenters. The maximum absolute atomic E-state index is 12.5. The zero-order valence-electron chi connectivity index (χ0n) is 15.7. The Kier molecular flexibility index (Phi) is 7.24. The van der Waals surface area contributed by atoms with Gasteiger partial charge in [-0.15, -0.1) is 11.3 Å². The molecule has 1 aromatic heterocycles. The Labute approximate surface area is 161 Å². The van der Waals surface area contributed by atoms with Crippen LogP contribution < -0.4 is 5.32 Å². The number of rotatable bonds is 8. The molecule has 0 unspecified atom stereocenters. The smallest absolute Gasteiger partial charge is 0.223 e. The number of amides is 1. The molecule has 1 aliphatic carbocycles. The van der Waals surface area contributed by atoms with E-state index in [1.54, 1.807) is 11.3 Å². The first-order valence-electron chi connectivity index (χ1n) is 9.99. The van der Waals surface area contributed by atoms with Gasteiger partial charge in [-0.25, -0.2) is 4.98 Å². The van der Waals surface area contributed by atoms with Crippen LogP contribution in [-0.2, 0) is 17.8 Å². The number of hydrogen-bond donors (Lipinski definition) is 1. The summed E-state index contributed by atoms with van der Waals surface area (Å²) in [6.07, 6.45) is 9.35. The maximum atomic E-state index is 12.5. The van der Waals surface area contributed by atoms with Crippen LogP contribution >= 0.6 is 11.3 Å². The summed E-state index contributed by atoms with van der Waals surface area (Å²) in [7, 11) is 0. The summed E-state index contributed by atoms with van der Waals surface area (Å²) >= 11 is 1.68. The average molecular weight is 371 g/mol. The van der Waals surface area contributed by atoms with Gasteiger partial charge in [-0.1, -0.05) is 56.5 Å². The number of nitrogens with one attached hydrogen (secondary N) is 1. The molecule has 0 aliphatic heterocycles. The van der Waals surface area contributed by atoms with E-state index in [2.05, 4.69) is 46.9 Å². The van der Waals surface area contributed by atoms with Crippen molar-refractivity contribution in [3.05, 3.63) is 52.0 Å². The lowest BCUT2D eigenvalue weighted by atomic mass is 9.79. The second-order valence-corrected chi connectivity index (χ2v) is 8.42. The highest BCUT2D eigenvalue weighted by molar-refractivity contribution is 7.09. The lowest BCUT2D eigenvalue weighted by Crippen LogP contribution is -2.32. The fraction of sp³-hybridized carbons (Fsp3) is 0.545. The second-order valence-electron chi connectivity index (χ2n) is 7.47. The van der Waals surface area contributed by atoms with E-state index in [9.17, 15) is 4.79 Å². The van der Waals surface area contributed by atoms with E-state index >= 15 is 0 Å². The molecule has 140 valence electrons. The highest BCUT2D eigenvalue weighted by Gasteiger charge is 2.25. The molecule has 2 aromatic rings. The number of thiazole rings is 1. The lowest BCUT2D eigenvalue weighted by molar-refractivity contribution is -0.126. The van der Waals surface area contributed by atoms with E-state index in [-0.39, 0.29) is 11.8 Å². The fourth-order valence-electron chi connectivity index (χ4n) is 3.81. The van der Waals surface area contributed by atoms with Gasteiger partial charge >= 0.3 is 0 Å². The van der Waals surface area contributed by atoms with Crippen molar-refractivity contribution in [1.29, 1.82) is 0 Å². The van der Waals surface area contributed by atoms with E-state index in [4.69, 9.17) is 0 Å². The van der Waals surface area contributed by atoms with Gasteiger partial charge in [-0.05, 0) is 37.2 Å². The van der Waals surface area contributed by atoms with Gasteiger partial charge in [0.1, 0.15) is 0 Å². The predicted octanol–water partition coefficient (Wildman–Crippen LogP) is 5.35. The highest BCUT2D eigenvalue weighted by atomic mass is 32.1. The zero-order valence-corrected chi connectivity index (χ0v) is 16.6. The van der Waals surface area contributed by atoms with Gasteiger partial charge in [0.25, 0.3) is 0 Å². The quantitative estimate of drug-likeness (QED) is 0.681. The first-order chi connectivity index (χ1) is 12.7. The van der Waals surface area contributed by atoms with Crippen molar-refractivity contribution in [2.75, 3.05) is 0 Å². The van der Waals surface area contributed by atoms with Gasteiger partial charge in [-0.3, -0.25) is 4.79 Å². The Bertz CT molecular complexity index is 674. The number of unbranched alkanes of at least 4 members (excludes halogenated alkanes) is 1. The molecule has 4 heteroatoms. The average Bonchev–Trinajstić information content (AvgIpc) is 3.13. The molecule has 0 saturated heterocycles. The summed E-state index contributed by atoms with van der Waals surface area (Å²) in [5.41, 5.74) is 2.25. The van der Waals surface area contributed by atoms with Gasteiger partial charge in [0.05, 0.1) is 17.2 Å². The van der Waals surface area contributed by atoms with E-state index in [0.717, 1.165) is 35.9 Å². The largest absolute Gasteiger partial charge is 0.350 e. The van der Waals surface area contributed by atoms with Crippen LogP contribution in [0.15, 0.2) is 35.7 Å². The zero-order chi connectivity index (χ0) is 18.2. The molecule has 0 radical (unpaired) electrons. The lowest BCUT2D eigenvalue weighted by Gasteiger charge is -2.27. The van der Waals surface area contributed by atoms with E-state index < -0.39 is 0 Å². The minimum absolute atomic E-state index is 0.204. The third kappa shape index (κ3) is 5.66. The molecule has 1 N–H and O–H groups in total. The number of hydrogen-bond acceptors (Lipinski definition) is 3. The van der Waals surface area contributed by atoms with Crippen LogP contribution in [0.1, 0.15) is 68.1 Å². The van der Waals surface area contributed by atoms with Crippen molar-refractivity contribution >= 4 is 17.2 Å². The maximum Gasteiger partial charge on any atom is 0.223 e. The SMILES string of the molecule is CCCCC1CCC(C(=O)NCc2csc(Cc3ccccc3)n2)CC1. The molecule has 3 nitrogen and oxygen atoms in total. The number of carbonyl (C=O) groups is 1. The molecule has 1 aliphatic rings. The minimum atomic E-state index is 0.204. The molecule has 1 heterocycles. The molecule has 1 amide bonds. The standard InChI is InChI=1S/C22H30N2OS/c1-2-3-7-17-10-12-19(13-11-17)22(25)23-15-20-16-26-21(24-20)14-18-8-5-4-6-9-18/h4-6,8-9,16-17,19H,2-3,7,10-15H2,1H3,(H,23,25). The van der Waals surface area contributed by atoms with Crippen LogP contribution in [0.5, 0.6) is 0 Å². The molecule has 1 aromatic carbocycles. The second kappa shape index (κ2) is 9.86. The number of carbonyl (C=O) groups excluding carboxylic acids is 1. The predicted molar refractivity (Wildman–Crippen MR) is 108 cm³/mol. The normalized spacial score (nSPS) is 20.0. The fourth-order valence-corrected chi connectivity index (χ4v) is 4.64. The Morgan fingerprint density at radius 1 is 1.19 bits per heavy atom. The minimum Gasteiger partial charge on any atom is -0.350 e. The van der Waals surface area contributed by atoms with Crippen molar-refractivity contribution < 1.29 is 4.79 Å². The third-order valence-corrected chi connectivity index (χ3v) is 6.32. The summed E-state index contributed by atoms with van der Waals surface area (Å²) in [5, 5.41) is 6.29. The van der Waals surface area contributed by atoms with Gasteiger partial charge in [0.2, 0.25) is 5.91 Å². The van der Waals surface area contributed by atoms with Crippen LogP contribution in [0, 0.1) is 11.8 Å². The Balaban J connectivity index is 1.41. The first kappa shape index (κ1) is 19.1. The van der Waals surface area contributed by atoms with Crippen LogP contribution in [0.3, 0.4) is 0 Å². The molecule has 3 rings (SSSR count). The van der Waals surface area contributed by atoms with E-state index in [1.165, 1.54) is 37.7 Å². The Hall–Kier alpha value is -1.68. The first-order valence-corrected chi connectivity index (χ1v) is 10.9. The van der Waals surface area contributed by atoms with Gasteiger partial charge in [0.15, 0.2) is 0 Å². The molecular weight excluding hydrogens is 340 g/mol. The van der Waals surface area contributed by atoms with Gasteiger partial charge in [-0.2, -0.15) is 0 Å². The van der Waals surface area contributed by atoms with Gasteiger partial charge in [0, 0.05) is 17.7 Å². The van der Waals surface area contributed by atoms with Crippen molar-refractivity contribution in [3.8, 4) is 0 Å². The summed E-state index contributed by atoms with van der Waals surface area (Å²) in [6, 6.07) is 10.4. The number of aromatic nitrogens is 1. The van der Waals surface area contributed by atoms with Crippen LogP contribution in [-0.4, -0.2) is 10.9 Å². The third-order valence-electron chi connectivity index (χ3n) is 5.42. The van der Waals surface area contributed by atoms with E-state index in [1.807, 2.05) is 6.07 Å². The summed E-state index contributed by atoms with van der Waals surface area (Å²) in [5.74, 6) is 1.27. The Morgan fingerprint density at radius 3 is 2.69 bits per heavy atom. The molecule has 1 fully saturated rings. The van der Waals surface area contributed by atoms with Crippen LogP contribution in [0.4, 0.5) is 0 Å².